The summed E-state index contributed by atoms with van der Waals surface area (Å²) in [6, 6.07) is 28.2. The fourth-order valence-corrected chi connectivity index (χ4v) is 5.31. The van der Waals surface area contributed by atoms with Crippen molar-refractivity contribution in [2.24, 2.45) is 7.05 Å². The van der Waals surface area contributed by atoms with Crippen LogP contribution in [0.5, 0.6) is 0 Å². The highest BCUT2D eigenvalue weighted by molar-refractivity contribution is 7.16. The van der Waals surface area contributed by atoms with Crippen molar-refractivity contribution in [2.75, 3.05) is 19.0 Å². The molecule has 0 saturated carbocycles. The molecule has 0 N–H and O–H groups in total. The van der Waals surface area contributed by atoms with Crippen LogP contribution in [-0.2, 0) is 7.05 Å². The van der Waals surface area contributed by atoms with Gasteiger partial charge in [-0.15, -0.1) is 0 Å². The Morgan fingerprint density at radius 2 is 1.45 bits per heavy atom. The molecule has 0 amide bonds. The number of benzene rings is 3. The molecule has 0 unspecified atom stereocenters. The van der Waals surface area contributed by atoms with Gasteiger partial charge in [-0.1, -0.05) is 59.9 Å². The van der Waals surface area contributed by atoms with Crippen molar-refractivity contribution in [1.29, 1.82) is 0 Å². The molecule has 142 valence electrons. The standard InChI is InChI=1S/C26H23N2S/c1-27(2)20-15-13-18(14-16-20)17-23-21-11-7-8-12-22(21)24-25(23)29-26(28(24)3)19-9-5-4-6-10-19/h4-17H,1-3H3/q+1/b23-17-. The van der Waals surface area contributed by atoms with E-state index in [1.54, 1.807) is 0 Å². The van der Waals surface area contributed by atoms with Gasteiger partial charge in [0, 0.05) is 25.4 Å². The van der Waals surface area contributed by atoms with E-state index < -0.39 is 0 Å². The quantitative estimate of drug-likeness (QED) is 0.346. The van der Waals surface area contributed by atoms with Crippen molar-refractivity contribution in [2.45, 2.75) is 0 Å². The lowest BCUT2D eigenvalue weighted by Gasteiger charge is -2.12. The maximum Gasteiger partial charge on any atom is 0.269 e. The van der Waals surface area contributed by atoms with Crippen molar-refractivity contribution in [1.82, 2.24) is 0 Å². The molecule has 1 aromatic heterocycles. The second-order valence-electron chi connectivity index (χ2n) is 7.60. The second-order valence-corrected chi connectivity index (χ2v) is 8.60. The van der Waals surface area contributed by atoms with Crippen molar-refractivity contribution >= 4 is 28.7 Å². The maximum absolute atomic E-state index is 2.35. The third kappa shape index (κ3) is 2.99. The minimum atomic E-state index is 1.22. The molecular formula is C26H23N2S+. The number of hydrogen-bond acceptors (Lipinski definition) is 2. The molecule has 0 saturated heterocycles. The van der Waals surface area contributed by atoms with E-state index in [1.165, 1.54) is 49.1 Å². The van der Waals surface area contributed by atoms with Crippen LogP contribution in [0, 0.1) is 0 Å². The summed E-state index contributed by atoms with van der Waals surface area (Å²) in [7, 11) is 6.33. The number of thiazole rings is 1. The second kappa shape index (κ2) is 7.02. The fourth-order valence-electron chi connectivity index (χ4n) is 4.01. The zero-order valence-electron chi connectivity index (χ0n) is 16.9. The Kier molecular flexibility index (Phi) is 4.33. The average Bonchev–Trinajstić information content (AvgIpc) is 3.25. The first-order chi connectivity index (χ1) is 14.1. The van der Waals surface area contributed by atoms with Gasteiger partial charge >= 0.3 is 0 Å². The largest absolute Gasteiger partial charge is 0.378 e. The number of fused-ring (bicyclic) bond motifs is 3. The van der Waals surface area contributed by atoms with Crippen molar-refractivity contribution in [3.63, 3.8) is 0 Å². The summed E-state index contributed by atoms with van der Waals surface area (Å²) < 4.78 is 2.35. The first-order valence-corrected chi connectivity index (χ1v) is 10.6. The zero-order valence-corrected chi connectivity index (χ0v) is 17.7. The predicted molar refractivity (Wildman–Crippen MR) is 124 cm³/mol. The summed E-state index contributed by atoms with van der Waals surface area (Å²) in [5.41, 5.74) is 8.98. The number of rotatable bonds is 3. The van der Waals surface area contributed by atoms with E-state index in [2.05, 4.69) is 116 Å². The molecule has 0 radical (unpaired) electrons. The minimum Gasteiger partial charge on any atom is -0.378 e. The third-order valence-electron chi connectivity index (χ3n) is 5.51. The summed E-state index contributed by atoms with van der Waals surface area (Å²) in [5, 5.41) is 1.29. The van der Waals surface area contributed by atoms with Gasteiger partial charge in [-0.25, -0.2) is 0 Å². The van der Waals surface area contributed by atoms with Crippen molar-refractivity contribution < 1.29 is 4.57 Å². The highest BCUT2D eigenvalue weighted by atomic mass is 32.1. The van der Waals surface area contributed by atoms with Gasteiger partial charge in [0.05, 0.1) is 11.1 Å². The van der Waals surface area contributed by atoms with Crippen LogP contribution in [-0.4, -0.2) is 14.1 Å². The lowest BCUT2D eigenvalue weighted by molar-refractivity contribution is -0.644. The third-order valence-corrected chi connectivity index (χ3v) is 6.83. The van der Waals surface area contributed by atoms with E-state index >= 15 is 0 Å². The molecule has 0 spiro atoms. The van der Waals surface area contributed by atoms with E-state index in [9.17, 15) is 0 Å². The van der Waals surface area contributed by atoms with E-state index in [1.807, 2.05) is 11.3 Å². The molecular weight excluding hydrogens is 372 g/mol. The topological polar surface area (TPSA) is 7.12 Å². The van der Waals surface area contributed by atoms with Gasteiger partial charge in [-0.2, -0.15) is 4.57 Å². The van der Waals surface area contributed by atoms with Gasteiger partial charge < -0.3 is 4.90 Å². The fraction of sp³-hybridized carbons (Fsp3) is 0.115. The molecule has 3 heteroatoms. The van der Waals surface area contributed by atoms with Crippen LogP contribution in [0.25, 0.3) is 33.5 Å². The van der Waals surface area contributed by atoms with Gasteiger partial charge in [0.15, 0.2) is 0 Å². The Balaban J connectivity index is 1.68. The smallest absolute Gasteiger partial charge is 0.269 e. The van der Waals surface area contributed by atoms with Crippen LogP contribution in [0.1, 0.15) is 16.0 Å². The van der Waals surface area contributed by atoms with Crippen LogP contribution in [0.15, 0.2) is 78.9 Å². The monoisotopic (exact) mass is 395 g/mol. The van der Waals surface area contributed by atoms with Crippen molar-refractivity contribution in [3.8, 4) is 21.8 Å². The molecule has 3 aromatic carbocycles. The zero-order chi connectivity index (χ0) is 20.0. The Labute approximate surface area is 176 Å². The summed E-state index contributed by atoms with van der Waals surface area (Å²) in [4.78, 5) is 3.48. The molecule has 2 nitrogen and oxygen atoms in total. The van der Waals surface area contributed by atoms with E-state index in [0.717, 1.165) is 0 Å². The van der Waals surface area contributed by atoms with E-state index in [4.69, 9.17) is 0 Å². The van der Waals surface area contributed by atoms with Crippen LogP contribution in [0.4, 0.5) is 5.69 Å². The highest BCUT2D eigenvalue weighted by Gasteiger charge is 2.36. The van der Waals surface area contributed by atoms with Crippen molar-refractivity contribution in [3.05, 3.63) is 94.9 Å². The lowest BCUT2D eigenvalue weighted by Crippen LogP contribution is -2.30. The van der Waals surface area contributed by atoms with Gasteiger partial charge in [-0.3, -0.25) is 0 Å². The average molecular weight is 396 g/mol. The predicted octanol–water partition coefficient (Wildman–Crippen LogP) is 5.87. The molecule has 1 aliphatic carbocycles. The molecule has 0 aliphatic heterocycles. The van der Waals surface area contributed by atoms with Crippen LogP contribution in [0.2, 0.25) is 0 Å². The van der Waals surface area contributed by atoms with Gasteiger partial charge in [0.25, 0.3) is 5.01 Å². The lowest BCUT2D eigenvalue weighted by atomic mass is 10.0. The molecule has 29 heavy (non-hydrogen) atoms. The Morgan fingerprint density at radius 3 is 2.14 bits per heavy atom. The molecule has 1 heterocycles. The van der Waals surface area contributed by atoms with Crippen LogP contribution >= 0.6 is 11.3 Å². The molecule has 0 fully saturated rings. The first-order valence-electron chi connectivity index (χ1n) is 9.81. The minimum absolute atomic E-state index is 1.22. The number of nitrogens with zero attached hydrogens (tertiary/aromatic N) is 2. The summed E-state index contributed by atoms with van der Waals surface area (Å²) in [6.45, 7) is 0. The number of aromatic nitrogens is 1. The van der Waals surface area contributed by atoms with E-state index in [0.29, 0.717) is 0 Å². The van der Waals surface area contributed by atoms with E-state index in [-0.39, 0.29) is 0 Å². The number of hydrogen-bond donors (Lipinski definition) is 0. The Hall–Kier alpha value is -3.17. The van der Waals surface area contributed by atoms with Gasteiger partial charge in [-0.05, 0) is 47.5 Å². The Morgan fingerprint density at radius 1 is 0.793 bits per heavy atom. The summed E-state index contributed by atoms with van der Waals surface area (Å²) >= 11 is 1.88. The van der Waals surface area contributed by atoms with Gasteiger partial charge in [0.2, 0.25) is 5.69 Å². The van der Waals surface area contributed by atoms with Gasteiger partial charge in [0.1, 0.15) is 11.9 Å². The summed E-state index contributed by atoms with van der Waals surface area (Å²) in [6.07, 6.45) is 2.33. The molecule has 5 rings (SSSR count). The SMILES string of the molecule is CN(C)c1ccc(/C=C2/c3ccccc3-c3c2sc(-c2ccccc2)[n+]3C)cc1. The molecule has 0 atom stereocenters. The molecule has 1 aliphatic rings. The Bertz CT molecular complexity index is 1220. The highest BCUT2D eigenvalue weighted by Crippen LogP contribution is 2.48. The molecule has 0 bridgehead atoms. The van der Waals surface area contributed by atoms with Crippen LogP contribution in [0.3, 0.4) is 0 Å². The molecule has 4 aromatic rings. The maximum atomic E-state index is 2.35. The normalized spacial score (nSPS) is 13.4. The summed E-state index contributed by atoms with van der Waals surface area (Å²) in [5.74, 6) is 0. The first kappa shape index (κ1) is 17.9. The number of anilines is 1. The van der Waals surface area contributed by atoms with Crippen LogP contribution < -0.4 is 9.47 Å².